The summed E-state index contributed by atoms with van der Waals surface area (Å²) in [5.74, 6) is 0.479. The summed E-state index contributed by atoms with van der Waals surface area (Å²) in [6.07, 6.45) is 2.71. The van der Waals surface area contributed by atoms with E-state index in [0.29, 0.717) is 37.0 Å². The monoisotopic (exact) mass is 505 g/mol. The Kier molecular flexibility index (Phi) is 6.56. The van der Waals surface area contributed by atoms with E-state index in [9.17, 15) is 9.59 Å². The largest absolute Gasteiger partial charge is 0.476 e. The van der Waals surface area contributed by atoms with E-state index in [1.165, 1.54) is 0 Å². The van der Waals surface area contributed by atoms with Crippen LogP contribution >= 0.6 is 11.6 Å². The summed E-state index contributed by atoms with van der Waals surface area (Å²) in [5, 5.41) is 5.73. The summed E-state index contributed by atoms with van der Waals surface area (Å²) >= 11 is 6.24. The Morgan fingerprint density at radius 3 is 2.28 bits per heavy atom. The van der Waals surface area contributed by atoms with Crippen LogP contribution in [0, 0.1) is 5.41 Å². The fourth-order valence-electron chi connectivity index (χ4n) is 5.46. The second kappa shape index (κ2) is 9.66. The van der Waals surface area contributed by atoms with Crippen LogP contribution in [0.4, 0.5) is 10.5 Å². The molecule has 3 amide bonds. The zero-order chi connectivity index (χ0) is 25.3. The van der Waals surface area contributed by atoms with Gasteiger partial charge in [-0.2, -0.15) is 0 Å². The molecule has 2 fully saturated rings. The number of hydrogen-bond acceptors (Lipinski definition) is 3. The van der Waals surface area contributed by atoms with Gasteiger partial charge in [0.2, 0.25) is 0 Å². The zero-order valence-corrected chi connectivity index (χ0v) is 21.6. The normalized spacial score (nSPS) is 17.4. The number of halogens is 1. The first-order chi connectivity index (χ1) is 17.3. The highest BCUT2D eigenvalue weighted by Crippen LogP contribution is 2.41. The molecular weight excluding hydrogens is 474 g/mol. The Balaban J connectivity index is 1.18. The van der Waals surface area contributed by atoms with Crippen LogP contribution in [-0.4, -0.2) is 53.5 Å². The number of carbonyl (C=O) groups excluding carboxylic acids is 2. The van der Waals surface area contributed by atoms with Gasteiger partial charge in [0.25, 0.3) is 5.91 Å². The second-order valence-electron chi connectivity index (χ2n) is 10.5. The lowest BCUT2D eigenvalue weighted by atomic mass is 9.78. The van der Waals surface area contributed by atoms with Crippen LogP contribution < -0.4 is 10.1 Å². The zero-order valence-electron chi connectivity index (χ0n) is 20.8. The molecule has 0 bridgehead atoms. The summed E-state index contributed by atoms with van der Waals surface area (Å²) in [6, 6.07) is 21.1. The molecule has 6 nitrogen and oxygen atoms in total. The number of urea groups is 1. The van der Waals surface area contributed by atoms with E-state index in [0.717, 1.165) is 35.7 Å². The molecule has 3 aromatic rings. The van der Waals surface area contributed by atoms with Crippen molar-refractivity contribution in [2.75, 3.05) is 31.5 Å². The van der Waals surface area contributed by atoms with Crippen LogP contribution in [0.5, 0.6) is 5.75 Å². The molecule has 36 heavy (non-hydrogen) atoms. The Hall–Kier alpha value is -3.25. The molecule has 0 aromatic heterocycles. The van der Waals surface area contributed by atoms with E-state index < -0.39 is 5.60 Å². The summed E-state index contributed by atoms with van der Waals surface area (Å²) in [5.41, 5.74) is -0.140. The molecular formula is C29H32ClN3O3. The van der Waals surface area contributed by atoms with Crippen molar-refractivity contribution >= 4 is 40.0 Å². The molecule has 1 spiro atoms. The summed E-state index contributed by atoms with van der Waals surface area (Å²) < 4.78 is 6.03. The molecule has 3 aromatic carbocycles. The Morgan fingerprint density at radius 2 is 1.53 bits per heavy atom. The summed E-state index contributed by atoms with van der Waals surface area (Å²) in [6.45, 7) is 6.35. The molecule has 2 aliphatic rings. The van der Waals surface area contributed by atoms with Crippen LogP contribution in [0.15, 0.2) is 66.7 Å². The van der Waals surface area contributed by atoms with E-state index >= 15 is 0 Å². The predicted molar refractivity (Wildman–Crippen MR) is 144 cm³/mol. The van der Waals surface area contributed by atoms with Crippen molar-refractivity contribution < 1.29 is 14.3 Å². The fourth-order valence-corrected chi connectivity index (χ4v) is 5.63. The minimum atomic E-state index is -1.02. The minimum Gasteiger partial charge on any atom is -0.476 e. The van der Waals surface area contributed by atoms with E-state index in [4.69, 9.17) is 16.3 Å². The minimum absolute atomic E-state index is 0.0320. The Bertz CT molecular complexity index is 1280. The van der Waals surface area contributed by atoms with Crippen molar-refractivity contribution in [3.63, 3.8) is 0 Å². The molecule has 7 heteroatoms. The molecule has 188 valence electrons. The number of carbonyl (C=O) groups is 2. The average Bonchev–Trinajstić information content (AvgIpc) is 3.28. The molecule has 5 rings (SSSR count). The number of fused-ring (bicyclic) bond motifs is 1. The highest BCUT2D eigenvalue weighted by molar-refractivity contribution is 6.32. The molecule has 0 unspecified atom stereocenters. The SMILES string of the molecule is CC(C)(Oc1ccccc1Cl)C(=O)N1CCC2(CCN(C(=O)Nc3cccc4ccccc34)CC2)C1. The van der Waals surface area contributed by atoms with Crippen LogP contribution in [-0.2, 0) is 4.79 Å². The molecule has 0 saturated carbocycles. The maximum Gasteiger partial charge on any atom is 0.321 e. The molecule has 2 aliphatic heterocycles. The number of nitrogens with one attached hydrogen (secondary N) is 1. The number of nitrogens with zero attached hydrogens (tertiary/aromatic N) is 2. The average molecular weight is 506 g/mol. The van der Waals surface area contributed by atoms with Crippen molar-refractivity contribution in [3.05, 3.63) is 71.8 Å². The van der Waals surface area contributed by atoms with Gasteiger partial charge in [-0.15, -0.1) is 0 Å². The van der Waals surface area contributed by atoms with Crippen molar-refractivity contribution in [3.8, 4) is 5.75 Å². The van der Waals surface area contributed by atoms with Gasteiger partial charge in [-0.25, -0.2) is 4.79 Å². The standard InChI is InChI=1S/C29H32ClN3O3/c1-28(2,36-25-13-6-5-11-23(25)30)26(34)33-19-16-29(20-33)14-17-32(18-15-29)27(35)31-24-12-7-9-21-8-3-4-10-22(21)24/h3-13H,14-20H2,1-2H3,(H,31,35). The number of para-hydroxylation sites is 1. The smallest absolute Gasteiger partial charge is 0.321 e. The maximum atomic E-state index is 13.4. The highest BCUT2D eigenvalue weighted by Gasteiger charge is 2.46. The predicted octanol–water partition coefficient (Wildman–Crippen LogP) is 6.20. The van der Waals surface area contributed by atoms with Gasteiger partial charge in [-0.3, -0.25) is 4.79 Å². The number of piperidine rings is 1. The van der Waals surface area contributed by atoms with Crippen molar-refractivity contribution in [1.29, 1.82) is 0 Å². The number of anilines is 1. The highest BCUT2D eigenvalue weighted by atomic mass is 35.5. The van der Waals surface area contributed by atoms with Crippen molar-refractivity contribution in [2.24, 2.45) is 5.41 Å². The van der Waals surface area contributed by atoms with Gasteiger partial charge in [0.05, 0.1) is 10.7 Å². The van der Waals surface area contributed by atoms with Crippen molar-refractivity contribution in [2.45, 2.75) is 38.7 Å². The number of likely N-dealkylation sites (tertiary alicyclic amines) is 2. The third-order valence-electron chi connectivity index (χ3n) is 7.58. The van der Waals surface area contributed by atoms with Gasteiger partial charge < -0.3 is 19.9 Å². The van der Waals surface area contributed by atoms with E-state index in [1.807, 2.05) is 64.4 Å². The lowest BCUT2D eigenvalue weighted by Crippen LogP contribution is -2.50. The van der Waals surface area contributed by atoms with Crippen LogP contribution in [0.2, 0.25) is 5.02 Å². The molecule has 0 radical (unpaired) electrons. The van der Waals surface area contributed by atoms with Gasteiger partial charge in [-0.05, 0) is 62.1 Å². The van der Waals surface area contributed by atoms with Gasteiger partial charge in [0, 0.05) is 31.6 Å². The third-order valence-corrected chi connectivity index (χ3v) is 7.90. The molecule has 2 saturated heterocycles. The van der Waals surface area contributed by atoms with E-state index in [2.05, 4.69) is 5.32 Å². The number of benzene rings is 3. The molecule has 1 N–H and O–H groups in total. The first-order valence-corrected chi connectivity index (χ1v) is 12.9. The second-order valence-corrected chi connectivity index (χ2v) is 10.9. The van der Waals surface area contributed by atoms with Gasteiger partial charge in [0.15, 0.2) is 5.60 Å². The van der Waals surface area contributed by atoms with Gasteiger partial charge >= 0.3 is 6.03 Å². The Morgan fingerprint density at radius 1 is 0.889 bits per heavy atom. The van der Waals surface area contributed by atoms with Crippen LogP contribution in [0.1, 0.15) is 33.1 Å². The van der Waals surface area contributed by atoms with Crippen LogP contribution in [0.25, 0.3) is 10.8 Å². The molecule has 0 aliphatic carbocycles. The topological polar surface area (TPSA) is 61.9 Å². The molecule has 0 atom stereocenters. The Labute approximate surface area is 217 Å². The molecule has 2 heterocycles. The lowest BCUT2D eigenvalue weighted by molar-refractivity contribution is -0.144. The van der Waals surface area contributed by atoms with Crippen molar-refractivity contribution in [1.82, 2.24) is 9.80 Å². The number of rotatable bonds is 4. The number of ether oxygens (including phenoxy) is 1. The van der Waals surface area contributed by atoms with Gasteiger partial charge in [-0.1, -0.05) is 60.1 Å². The first-order valence-electron chi connectivity index (χ1n) is 12.5. The summed E-state index contributed by atoms with van der Waals surface area (Å²) in [7, 11) is 0. The fraction of sp³-hybridized carbons (Fsp3) is 0.379. The quantitative estimate of drug-likeness (QED) is 0.459. The van der Waals surface area contributed by atoms with E-state index in [1.54, 1.807) is 26.0 Å². The number of hydrogen-bond donors (Lipinski definition) is 1. The van der Waals surface area contributed by atoms with E-state index in [-0.39, 0.29) is 17.4 Å². The van der Waals surface area contributed by atoms with Gasteiger partial charge in [0.1, 0.15) is 5.75 Å². The first kappa shape index (κ1) is 24.4. The lowest BCUT2D eigenvalue weighted by Gasteiger charge is -2.39. The van der Waals surface area contributed by atoms with Crippen LogP contribution in [0.3, 0.4) is 0 Å². The maximum absolute atomic E-state index is 13.4. The third kappa shape index (κ3) is 4.87. The summed E-state index contributed by atoms with van der Waals surface area (Å²) in [4.78, 5) is 30.2. The number of amides is 3.